The summed E-state index contributed by atoms with van der Waals surface area (Å²) in [6.45, 7) is 1.04. The Bertz CT molecular complexity index is 925. The van der Waals surface area contributed by atoms with Crippen molar-refractivity contribution in [1.82, 2.24) is 10.1 Å². The van der Waals surface area contributed by atoms with E-state index in [2.05, 4.69) is 16.2 Å². The summed E-state index contributed by atoms with van der Waals surface area (Å²) in [4.78, 5) is 4.48. The lowest BCUT2D eigenvalue weighted by Crippen LogP contribution is -2.32. The molecule has 6 nitrogen and oxygen atoms in total. The molecular weight excluding hydrogens is 330 g/mol. The van der Waals surface area contributed by atoms with E-state index in [4.69, 9.17) is 14.0 Å². The molecule has 0 aliphatic carbocycles. The van der Waals surface area contributed by atoms with Gasteiger partial charge in [0.1, 0.15) is 16.9 Å². The highest BCUT2D eigenvalue weighted by atomic mass is 16.5. The first kappa shape index (κ1) is 16.3. The van der Waals surface area contributed by atoms with E-state index in [1.807, 2.05) is 54.6 Å². The van der Waals surface area contributed by atoms with Gasteiger partial charge < -0.3 is 14.0 Å². The first-order chi connectivity index (χ1) is 12.8. The SMILES string of the molecule is N#CC1(c2nc(-c3cccc(Oc4ccccc4)c3)no2)CCOCC1. The lowest BCUT2D eigenvalue weighted by molar-refractivity contribution is 0.0574. The van der Waals surface area contributed by atoms with Crippen molar-refractivity contribution in [2.45, 2.75) is 18.3 Å². The van der Waals surface area contributed by atoms with Gasteiger partial charge in [-0.05, 0) is 37.1 Å². The number of benzene rings is 2. The Morgan fingerprint density at radius 3 is 2.54 bits per heavy atom. The topological polar surface area (TPSA) is 81.2 Å². The molecule has 2 aromatic carbocycles. The highest BCUT2D eigenvalue weighted by molar-refractivity contribution is 5.57. The minimum Gasteiger partial charge on any atom is -0.457 e. The van der Waals surface area contributed by atoms with Gasteiger partial charge >= 0.3 is 0 Å². The summed E-state index contributed by atoms with van der Waals surface area (Å²) in [7, 11) is 0. The molecule has 26 heavy (non-hydrogen) atoms. The Balaban J connectivity index is 1.60. The third kappa shape index (κ3) is 3.17. The van der Waals surface area contributed by atoms with Crippen LogP contribution in [0.2, 0.25) is 0 Å². The largest absolute Gasteiger partial charge is 0.457 e. The number of nitriles is 1. The average Bonchev–Trinajstić information content (AvgIpc) is 3.20. The summed E-state index contributed by atoms with van der Waals surface area (Å²) in [5.41, 5.74) is 0.00958. The van der Waals surface area contributed by atoms with Crippen molar-refractivity contribution in [3.63, 3.8) is 0 Å². The number of para-hydroxylation sites is 1. The maximum atomic E-state index is 9.63. The van der Waals surface area contributed by atoms with Crippen LogP contribution >= 0.6 is 0 Å². The lowest BCUT2D eigenvalue weighted by atomic mass is 9.81. The first-order valence-corrected chi connectivity index (χ1v) is 8.46. The zero-order valence-corrected chi connectivity index (χ0v) is 14.1. The molecule has 0 bridgehead atoms. The van der Waals surface area contributed by atoms with E-state index in [0.29, 0.717) is 43.5 Å². The molecule has 1 aromatic heterocycles. The molecule has 130 valence electrons. The van der Waals surface area contributed by atoms with Crippen LogP contribution in [0.5, 0.6) is 11.5 Å². The number of hydrogen-bond donors (Lipinski definition) is 0. The van der Waals surface area contributed by atoms with Crippen LogP contribution in [0.15, 0.2) is 59.1 Å². The predicted octanol–water partition coefficient (Wildman–Crippen LogP) is 4.10. The highest BCUT2D eigenvalue weighted by Crippen LogP contribution is 2.34. The highest BCUT2D eigenvalue weighted by Gasteiger charge is 2.40. The molecular formula is C20H17N3O3. The zero-order chi connectivity index (χ0) is 17.8. The minimum atomic E-state index is -0.762. The summed E-state index contributed by atoms with van der Waals surface area (Å²) in [5.74, 6) is 2.23. The minimum absolute atomic E-state index is 0.354. The van der Waals surface area contributed by atoms with Crippen LogP contribution in [-0.4, -0.2) is 23.4 Å². The van der Waals surface area contributed by atoms with E-state index in [9.17, 15) is 5.26 Å². The van der Waals surface area contributed by atoms with Crippen LogP contribution < -0.4 is 4.74 Å². The van der Waals surface area contributed by atoms with Crippen LogP contribution in [0.1, 0.15) is 18.7 Å². The average molecular weight is 347 g/mol. The monoisotopic (exact) mass is 347 g/mol. The van der Waals surface area contributed by atoms with E-state index in [1.165, 1.54) is 0 Å². The molecule has 0 radical (unpaired) electrons. The van der Waals surface area contributed by atoms with E-state index < -0.39 is 5.41 Å². The van der Waals surface area contributed by atoms with Gasteiger partial charge in [0.05, 0.1) is 6.07 Å². The Kier molecular flexibility index (Phi) is 4.38. The fourth-order valence-corrected chi connectivity index (χ4v) is 2.95. The molecule has 0 N–H and O–H groups in total. The van der Waals surface area contributed by atoms with Gasteiger partial charge in [-0.1, -0.05) is 35.5 Å². The van der Waals surface area contributed by atoms with Gasteiger partial charge in [0.15, 0.2) is 0 Å². The fraction of sp³-hybridized carbons (Fsp3) is 0.250. The van der Waals surface area contributed by atoms with Gasteiger partial charge in [-0.2, -0.15) is 10.2 Å². The fourth-order valence-electron chi connectivity index (χ4n) is 2.95. The summed E-state index contributed by atoms with van der Waals surface area (Å²) in [6.07, 6.45) is 1.12. The smallest absolute Gasteiger partial charge is 0.247 e. The van der Waals surface area contributed by atoms with Gasteiger partial charge in [0.25, 0.3) is 0 Å². The molecule has 0 unspecified atom stereocenters. The van der Waals surface area contributed by atoms with Crippen molar-refractivity contribution in [2.75, 3.05) is 13.2 Å². The van der Waals surface area contributed by atoms with Gasteiger partial charge in [-0.3, -0.25) is 0 Å². The Morgan fingerprint density at radius 2 is 1.77 bits per heavy atom. The number of hydrogen-bond acceptors (Lipinski definition) is 6. The Labute approximate surface area is 151 Å². The van der Waals surface area contributed by atoms with Crippen molar-refractivity contribution >= 4 is 0 Å². The molecule has 1 aliphatic rings. The van der Waals surface area contributed by atoms with Gasteiger partial charge in [0.2, 0.25) is 11.7 Å². The molecule has 3 aromatic rings. The van der Waals surface area contributed by atoms with Crippen molar-refractivity contribution in [3.05, 3.63) is 60.5 Å². The molecule has 0 atom stereocenters. The predicted molar refractivity (Wildman–Crippen MR) is 93.6 cm³/mol. The van der Waals surface area contributed by atoms with E-state index in [0.717, 1.165) is 11.3 Å². The Morgan fingerprint density at radius 1 is 1.00 bits per heavy atom. The number of aromatic nitrogens is 2. The maximum Gasteiger partial charge on any atom is 0.247 e. The molecule has 1 saturated heterocycles. The summed E-state index contributed by atoms with van der Waals surface area (Å²) in [5, 5.41) is 13.7. The zero-order valence-electron chi connectivity index (χ0n) is 14.1. The van der Waals surface area contributed by atoms with Crippen LogP contribution in [0.4, 0.5) is 0 Å². The second kappa shape index (κ2) is 6.98. The van der Waals surface area contributed by atoms with Gasteiger partial charge in [-0.25, -0.2) is 0 Å². The second-order valence-corrected chi connectivity index (χ2v) is 6.17. The molecule has 2 heterocycles. The normalized spacial score (nSPS) is 16.0. The second-order valence-electron chi connectivity index (χ2n) is 6.17. The first-order valence-electron chi connectivity index (χ1n) is 8.46. The molecule has 0 saturated carbocycles. The molecule has 0 spiro atoms. The van der Waals surface area contributed by atoms with Crippen molar-refractivity contribution in [2.24, 2.45) is 0 Å². The van der Waals surface area contributed by atoms with E-state index in [-0.39, 0.29) is 0 Å². The quantitative estimate of drug-likeness (QED) is 0.707. The van der Waals surface area contributed by atoms with Crippen LogP contribution in [-0.2, 0) is 10.2 Å². The van der Waals surface area contributed by atoms with Gasteiger partial charge in [0, 0.05) is 18.8 Å². The summed E-state index contributed by atoms with van der Waals surface area (Å²) in [6, 6.07) is 19.4. The maximum absolute atomic E-state index is 9.63. The standard InChI is InChI=1S/C20H17N3O3/c21-14-20(9-11-24-12-10-20)19-22-18(23-26-19)15-5-4-8-17(13-15)25-16-6-2-1-3-7-16/h1-8,13H,9-12H2. The summed E-state index contributed by atoms with van der Waals surface area (Å²) >= 11 is 0. The molecule has 6 heteroatoms. The molecule has 0 amide bonds. The van der Waals surface area contributed by atoms with Crippen molar-refractivity contribution in [3.8, 4) is 29.0 Å². The lowest BCUT2D eigenvalue weighted by Gasteiger charge is -2.26. The molecule has 1 aliphatic heterocycles. The van der Waals surface area contributed by atoms with Crippen molar-refractivity contribution < 1.29 is 14.0 Å². The molecule has 1 fully saturated rings. The third-order valence-electron chi connectivity index (χ3n) is 4.47. The molecule has 4 rings (SSSR count). The Hall–Kier alpha value is -3.17. The van der Waals surface area contributed by atoms with Crippen LogP contribution in [0.3, 0.4) is 0 Å². The van der Waals surface area contributed by atoms with Crippen molar-refractivity contribution in [1.29, 1.82) is 5.26 Å². The number of nitrogens with zero attached hydrogens (tertiary/aromatic N) is 3. The third-order valence-corrected chi connectivity index (χ3v) is 4.47. The number of rotatable bonds is 4. The van der Waals surface area contributed by atoms with E-state index in [1.54, 1.807) is 0 Å². The number of ether oxygens (including phenoxy) is 2. The van der Waals surface area contributed by atoms with Crippen LogP contribution in [0, 0.1) is 11.3 Å². The van der Waals surface area contributed by atoms with E-state index >= 15 is 0 Å². The summed E-state index contributed by atoms with van der Waals surface area (Å²) < 4.78 is 16.6. The van der Waals surface area contributed by atoms with Gasteiger partial charge in [-0.15, -0.1) is 0 Å². The van der Waals surface area contributed by atoms with Crippen LogP contribution in [0.25, 0.3) is 11.4 Å².